The minimum atomic E-state index is -0.470. The van der Waals surface area contributed by atoms with E-state index in [0.29, 0.717) is 17.8 Å². The molecule has 2 aromatic rings. The maximum absolute atomic E-state index is 13.5. The molecule has 0 radical (unpaired) electrons. The van der Waals surface area contributed by atoms with Crippen molar-refractivity contribution in [3.63, 3.8) is 0 Å². The molecule has 0 amide bonds. The number of benzene rings is 2. The van der Waals surface area contributed by atoms with E-state index in [9.17, 15) is 8.78 Å². The Morgan fingerprint density at radius 1 is 1.16 bits per heavy atom. The third-order valence-corrected chi connectivity index (χ3v) is 3.09. The topological polar surface area (TPSA) is 21.3 Å². The van der Waals surface area contributed by atoms with E-state index in [0.717, 1.165) is 0 Å². The van der Waals surface area contributed by atoms with Crippen molar-refractivity contribution in [3.8, 4) is 5.75 Å². The first-order valence-electron chi connectivity index (χ1n) is 5.62. The summed E-state index contributed by atoms with van der Waals surface area (Å²) in [7, 11) is 1.40. The first-order valence-corrected chi connectivity index (χ1v) is 6.00. The van der Waals surface area contributed by atoms with Crippen LogP contribution in [0.25, 0.3) is 0 Å². The Balaban J connectivity index is 2.10. The molecule has 0 bridgehead atoms. The number of rotatable bonds is 4. The van der Waals surface area contributed by atoms with E-state index in [1.165, 1.54) is 25.3 Å². The number of halogens is 3. The van der Waals surface area contributed by atoms with Gasteiger partial charge in [0.25, 0.3) is 0 Å². The van der Waals surface area contributed by atoms with Gasteiger partial charge in [0.05, 0.1) is 12.1 Å². The highest BCUT2D eigenvalue weighted by molar-refractivity contribution is 6.31. The molecular weight excluding hydrogens is 272 g/mol. The molecule has 0 saturated carbocycles. The summed E-state index contributed by atoms with van der Waals surface area (Å²) in [5, 5.41) is 3.05. The van der Waals surface area contributed by atoms with Crippen LogP contribution in [0.4, 0.5) is 14.5 Å². The van der Waals surface area contributed by atoms with Crippen LogP contribution < -0.4 is 10.1 Å². The van der Waals surface area contributed by atoms with Crippen LogP contribution in [0.15, 0.2) is 36.4 Å². The summed E-state index contributed by atoms with van der Waals surface area (Å²) in [6, 6.07) is 9.08. The van der Waals surface area contributed by atoms with Crippen molar-refractivity contribution in [1.82, 2.24) is 0 Å². The van der Waals surface area contributed by atoms with Gasteiger partial charge in [-0.05, 0) is 23.8 Å². The molecule has 100 valence electrons. The van der Waals surface area contributed by atoms with E-state index < -0.39 is 11.6 Å². The largest absolute Gasteiger partial charge is 0.494 e. The van der Waals surface area contributed by atoms with E-state index in [2.05, 4.69) is 5.32 Å². The van der Waals surface area contributed by atoms with Crippen molar-refractivity contribution in [1.29, 1.82) is 0 Å². The smallest absolute Gasteiger partial charge is 0.167 e. The molecule has 0 aliphatic carbocycles. The first kappa shape index (κ1) is 13.6. The number of hydrogen-bond acceptors (Lipinski definition) is 2. The van der Waals surface area contributed by atoms with Crippen LogP contribution in [0.2, 0.25) is 5.02 Å². The third kappa shape index (κ3) is 3.15. The van der Waals surface area contributed by atoms with Gasteiger partial charge in [-0.1, -0.05) is 23.7 Å². The number of anilines is 1. The van der Waals surface area contributed by atoms with E-state index in [4.69, 9.17) is 16.3 Å². The van der Waals surface area contributed by atoms with Crippen LogP contribution in [-0.4, -0.2) is 7.11 Å². The van der Waals surface area contributed by atoms with Crippen LogP contribution >= 0.6 is 11.6 Å². The van der Waals surface area contributed by atoms with E-state index in [1.807, 2.05) is 0 Å². The monoisotopic (exact) mass is 283 g/mol. The fourth-order valence-electron chi connectivity index (χ4n) is 1.66. The summed E-state index contributed by atoms with van der Waals surface area (Å²) >= 11 is 5.83. The first-order chi connectivity index (χ1) is 9.11. The van der Waals surface area contributed by atoms with E-state index >= 15 is 0 Å². The van der Waals surface area contributed by atoms with Crippen LogP contribution in [0.1, 0.15) is 5.56 Å². The Labute approximate surface area is 115 Å². The minimum absolute atomic E-state index is 0.0731. The van der Waals surface area contributed by atoms with Gasteiger partial charge in [-0.3, -0.25) is 0 Å². The number of ether oxygens (including phenoxy) is 1. The van der Waals surface area contributed by atoms with Gasteiger partial charge >= 0.3 is 0 Å². The van der Waals surface area contributed by atoms with Gasteiger partial charge in [0.1, 0.15) is 5.82 Å². The predicted molar refractivity (Wildman–Crippen MR) is 71.7 cm³/mol. The fraction of sp³-hybridized carbons (Fsp3) is 0.143. The Morgan fingerprint density at radius 3 is 2.63 bits per heavy atom. The minimum Gasteiger partial charge on any atom is -0.494 e. The Kier molecular flexibility index (Phi) is 4.22. The molecule has 0 saturated heterocycles. The van der Waals surface area contributed by atoms with Gasteiger partial charge in [-0.15, -0.1) is 0 Å². The van der Waals surface area contributed by atoms with Crippen molar-refractivity contribution >= 4 is 17.3 Å². The molecule has 1 N–H and O–H groups in total. The lowest BCUT2D eigenvalue weighted by Crippen LogP contribution is -2.01. The second-order valence-electron chi connectivity index (χ2n) is 3.92. The van der Waals surface area contributed by atoms with Crippen LogP contribution in [0, 0.1) is 11.6 Å². The number of hydrogen-bond donors (Lipinski definition) is 1. The molecule has 2 nitrogen and oxygen atoms in total. The second kappa shape index (κ2) is 5.89. The summed E-state index contributed by atoms with van der Waals surface area (Å²) in [4.78, 5) is 0. The van der Waals surface area contributed by atoms with Gasteiger partial charge < -0.3 is 10.1 Å². The molecule has 0 aliphatic rings. The Hall–Kier alpha value is -1.81. The highest BCUT2D eigenvalue weighted by Crippen LogP contribution is 2.23. The predicted octanol–water partition coefficient (Wildman–Crippen LogP) is 4.24. The molecule has 2 aromatic carbocycles. The highest BCUT2D eigenvalue weighted by atomic mass is 35.5. The van der Waals surface area contributed by atoms with Crippen molar-refractivity contribution < 1.29 is 13.5 Å². The van der Waals surface area contributed by atoms with Crippen LogP contribution in [-0.2, 0) is 6.54 Å². The number of nitrogens with one attached hydrogen (secondary N) is 1. The highest BCUT2D eigenvalue weighted by Gasteiger charge is 2.06. The number of methoxy groups -OCH3 is 1. The average molecular weight is 284 g/mol. The van der Waals surface area contributed by atoms with Crippen molar-refractivity contribution in [2.24, 2.45) is 0 Å². The molecule has 0 atom stereocenters. The molecule has 2 rings (SSSR count). The zero-order valence-corrected chi connectivity index (χ0v) is 11.0. The van der Waals surface area contributed by atoms with Crippen molar-refractivity contribution in [2.45, 2.75) is 6.54 Å². The average Bonchev–Trinajstić information content (AvgIpc) is 2.40. The van der Waals surface area contributed by atoms with Crippen LogP contribution in [0.3, 0.4) is 0 Å². The van der Waals surface area contributed by atoms with Gasteiger partial charge in [0.2, 0.25) is 0 Å². The normalized spacial score (nSPS) is 10.3. The lowest BCUT2D eigenvalue weighted by Gasteiger charge is -2.10. The van der Waals surface area contributed by atoms with Gasteiger partial charge in [0, 0.05) is 18.3 Å². The van der Waals surface area contributed by atoms with Gasteiger partial charge in [0.15, 0.2) is 11.6 Å². The summed E-state index contributed by atoms with van der Waals surface area (Å²) in [5.41, 5.74) is 1.18. The molecule has 0 heterocycles. The SMILES string of the molecule is COc1ccc(NCc2cccc(F)c2Cl)cc1F. The maximum Gasteiger partial charge on any atom is 0.167 e. The third-order valence-electron chi connectivity index (χ3n) is 2.67. The summed E-state index contributed by atoms with van der Waals surface area (Å²) < 4.78 is 31.5. The van der Waals surface area contributed by atoms with E-state index in [1.54, 1.807) is 18.2 Å². The zero-order valence-electron chi connectivity index (χ0n) is 10.2. The van der Waals surface area contributed by atoms with Gasteiger partial charge in [-0.2, -0.15) is 0 Å². The van der Waals surface area contributed by atoms with E-state index in [-0.39, 0.29) is 10.8 Å². The molecule has 0 fully saturated rings. The Morgan fingerprint density at radius 2 is 1.95 bits per heavy atom. The molecular formula is C14H12ClF2NO. The maximum atomic E-state index is 13.5. The summed E-state index contributed by atoms with van der Waals surface area (Å²) in [6.45, 7) is 0.308. The van der Waals surface area contributed by atoms with Gasteiger partial charge in [-0.25, -0.2) is 8.78 Å². The fourth-order valence-corrected chi connectivity index (χ4v) is 1.85. The molecule has 0 unspecified atom stereocenters. The Bertz CT molecular complexity index is 590. The zero-order chi connectivity index (χ0) is 13.8. The summed E-state index contributed by atoms with van der Waals surface area (Å²) in [5.74, 6) is -0.756. The van der Waals surface area contributed by atoms with Crippen molar-refractivity contribution in [3.05, 3.63) is 58.6 Å². The second-order valence-corrected chi connectivity index (χ2v) is 4.29. The lowest BCUT2D eigenvalue weighted by atomic mass is 10.2. The van der Waals surface area contributed by atoms with Crippen molar-refractivity contribution in [2.75, 3.05) is 12.4 Å². The molecule has 0 spiro atoms. The quantitative estimate of drug-likeness (QED) is 0.906. The van der Waals surface area contributed by atoms with Crippen LogP contribution in [0.5, 0.6) is 5.75 Å². The standard InChI is InChI=1S/C14H12ClF2NO/c1-19-13-6-5-10(7-12(13)17)18-8-9-3-2-4-11(16)14(9)15/h2-7,18H,8H2,1H3. The molecule has 19 heavy (non-hydrogen) atoms. The molecule has 0 aromatic heterocycles. The molecule has 0 aliphatic heterocycles. The molecule has 5 heteroatoms. The lowest BCUT2D eigenvalue weighted by molar-refractivity contribution is 0.386. The summed E-state index contributed by atoms with van der Waals surface area (Å²) in [6.07, 6.45) is 0.